The number of fused-ring (bicyclic) bond motifs is 1. The Hall–Kier alpha value is -1.95. The van der Waals surface area contributed by atoms with Crippen molar-refractivity contribution in [1.29, 1.82) is 0 Å². The average molecular weight is 259 g/mol. The normalized spacial score (nSPS) is 10.9. The van der Waals surface area contributed by atoms with E-state index in [0.29, 0.717) is 6.54 Å². The number of nitrogens with one attached hydrogen (secondary N) is 1. The first kappa shape index (κ1) is 11.2. The highest BCUT2D eigenvalue weighted by Gasteiger charge is 2.07. The lowest BCUT2D eigenvalue weighted by molar-refractivity contribution is 0.701. The number of rotatable bonds is 4. The van der Waals surface area contributed by atoms with Gasteiger partial charge in [-0.3, -0.25) is 4.68 Å². The van der Waals surface area contributed by atoms with Crippen LogP contribution in [-0.2, 0) is 6.54 Å². The number of aromatic nitrogens is 4. The van der Waals surface area contributed by atoms with E-state index in [2.05, 4.69) is 32.7 Å². The van der Waals surface area contributed by atoms with E-state index in [1.165, 1.54) is 0 Å². The fraction of sp³-hybridized carbons (Fsp3) is 0.250. The van der Waals surface area contributed by atoms with Gasteiger partial charge in [0.15, 0.2) is 0 Å². The molecule has 0 atom stereocenters. The fourth-order valence-corrected chi connectivity index (χ4v) is 2.61. The first-order valence-electron chi connectivity index (χ1n) is 5.83. The van der Waals surface area contributed by atoms with E-state index in [9.17, 15) is 0 Å². The summed E-state index contributed by atoms with van der Waals surface area (Å²) in [5.74, 6) is 0. The average Bonchev–Trinajstić information content (AvgIpc) is 2.99. The Morgan fingerprint density at radius 1 is 1.28 bits per heavy atom. The summed E-state index contributed by atoms with van der Waals surface area (Å²) in [5.41, 5.74) is 1.12. The predicted octanol–water partition coefficient (Wildman–Crippen LogP) is 2.37. The smallest absolute Gasteiger partial charge is 0.205 e. The van der Waals surface area contributed by atoms with Crippen molar-refractivity contribution in [3.63, 3.8) is 0 Å². The molecule has 0 aliphatic rings. The standard InChI is InChI=1S/C12H13N5S/c1-2-13-12-16-15-11(18-12)8-17-10-6-4-3-5-9(10)7-14-17/h3-7H,2,8H2,1H3,(H,13,16). The minimum atomic E-state index is 0.663. The number of hydrogen-bond acceptors (Lipinski definition) is 5. The maximum atomic E-state index is 4.38. The molecule has 1 N–H and O–H groups in total. The van der Waals surface area contributed by atoms with Gasteiger partial charge in [0.05, 0.1) is 18.3 Å². The SMILES string of the molecule is CCNc1nnc(Cn2ncc3ccccc32)s1. The second-order valence-electron chi connectivity index (χ2n) is 3.89. The number of para-hydroxylation sites is 1. The van der Waals surface area contributed by atoms with Crippen LogP contribution in [0, 0.1) is 0 Å². The van der Waals surface area contributed by atoms with Crippen LogP contribution in [0.4, 0.5) is 5.13 Å². The molecular weight excluding hydrogens is 246 g/mol. The Balaban J connectivity index is 1.87. The predicted molar refractivity (Wildman–Crippen MR) is 72.9 cm³/mol. The molecule has 0 spiro atoms. The lowest BCUT2D eigenvalue weighted by Crippen LogP contribution is -2.00. The third-order valence-electron chi connectivity index (χ3n) is 2.63. The third kappa shape index (κ3) is 2.06. The summed E-state index contributed by atoms with van der Waals surface area (Å²) in [6, 6.07) is 8.16. The van der Waals surface area contributed by atoms with Gasteiger partial charge in [0, 0.05) is 11.9 Å². The molecule has 0 aliphatic heterocycles. The topological polar surface area (TPSA) is 55.6 Å². The largest absolute Gasteiger partial charge is 0.360 e. The highest BCUT2D eigenvalue weighted by atomic mass is 32.1. The molecule has 3 aromatic rings. The Morgan fingerprint density at radius 2 is 2.17 bits per heavy atom. The Labute approximate surface area is 108 Å². The molecule has 0 bridgehead atoms. The van der Waals surface area contributed by atoms with Crippen molar-refractivity contribution in [2.45, 2.75) is 13.5 Å². The summed E-state index contributed by atoms with van der Waals surface area (Å²) >= 11 is 1.57. The zero-order valence-electron chi connectivity index (χ0n) is 10.00. The van der Waals surface area contributed by atoms with Gasteiger partial charge in [0.1, 0.15) is 5.01 Å². The van der Waals surface area contributed by atoms with E-state index in [4.69, 9.17) is 0 Å². The molecule has 2 heterocycles. The molecule has 92 valence electrons. The van der Waals surface area contributed by atoms with Gasteiger partial charge in [-0.1, -0.05) is 29.5 Å². The summed E-state index contributed by atoms with van der Waals surface area (Å²) < 4.78 is 1.95. The van der Waals surface area contributed by atoms with Crippen LogP contribution in [-0.4, -0.2) is 26.5 Å². The Morgan fingerprint density at radius 3 is 3.06 bits per heavy atom. The second kappa shape index (κ2) is 4.73. The van der Waals surface area contributed by atoms with Gasteiger partial charge >= 0.3 is 0 Å². The molecule has 0 radical (unpaired) electrons. The summed E-state index contributed by atoms with van der Waals surface area (Å²) in [4.78, 5) is 0. The minimum Gasteiger partial charge on any atom is -0.360 e. The zero-order valence-corrected chi connectivity index (χ0v) is 10.8. The van der Waals surface area contributed by atoms with E-state index in [1.807, 2.05) is 29.9 Å². The highest BCUT2D eigenvalue weighted by Crippen LogP contribution is 2.18. The van der Waals surface area contributed by atoms with Gasteiger partial charge in [-0.2, -0.15) is 5.10 Å². The molecule has 6 heteroatoms. The number of hydrogen-bond donors (Lipinski definition) is 1. The van der Waals surface area contributed by atoms with Gasteiger partial charge < -0.3 is 5.32 Å². The van der Waals surface area contributed by atoms with Crippen molar-refractivity contribution < 1.29 is 0 Å². The molecule has 0 fully saturated rings. The van der Waals surface area contributed by atoms with Gasteiger partial charge in [-0.25, -0.2) is 0 Å². The first-order valence-corrected chi connectivity index (χ1v) is 6.65. The number of nitrogens with zero attached hydrogens (tertiary/aromatic N) is 4. The molecule has 0 amide bonds. The van der Waals surface area contributed by atoms with E-state index >= 15 is 0 Å². The van der Waals surface area contributed by atoms with Crippen LogP contribution in [0.3, 0.4) is 0 Å². The van der Waals surface area contributed by atoms with Gasteiger partial charge in [0.25, 0.3) is 0 Å². The van der Waals surface area contributed by atoms with Crippen molar-refractivity contribution in [1.82, 2.24) is 20.0 Å². The van der Waals surface area contributed by atoms with Crippen LogP contribution < -0.4 is 5.32 Å². The van der Waals surface area contributed by atoms with Crippen LogP contribution in [0.2, 0.25) is 0 Å². The highest BCUT2D eigenvalue weighted by molar-refractivity contribution is 7.15. The van der Waals surface area contributed by atoms with E-state index in [1.54, 1.807) is 11.3 Å². The monoisotopic (exact) mass is 259 g/mol. The van der Waals surface area contributed by atoms with Crippen LogP contribution in [0.25, 0.3) is 10.9 Å². The molecule has 18 heavy (non-hydrogen) atoms. The van der Waals surface area contributed by atoms with Crippen molar-refractivity contribution in [2.24, 2.45) is 0 Å². The molecule has 1 aromatic carbocycles. The van der Waals surface area contributed by atoms with E-state index in [-0.39, 0.29) is 0 Å². The quantitative estimate of drug-likeness (QED) is 0.781. The number of anilines is 1. The molecule has 0 unspecified atom stereocenters. The second-order valence-corrected chi connectivity index (χ2v) is 4.95. The van der Waals surface area contributed by atoms with Crippen LogP contribution in [0.5, 0.6) is 0 Å². The maximum absolute atomic E-state index is 4.38. The summed E-state index contributed by atoms with van der Waals surface area (Å²) in [6.45, 7) is 3.57. The number of benzene rings is 1. The lowest BCUT2D eigenvalue weighted by Gasteiger charge is -1.99. The first-order chi connectivity index (χ1) is 8.86. The van der Waals surface area contributed by atoms with E-state index in [0.717, 1.165) is 27.6 Å². The summed E-state index contributed by atoms with van der Waals surface area (Å²) in [6.07, 6.45) is 1.88. The van der Waals surface area contributed by atoms with Gasteiger partial charge in [0.2, 0.25) is 5.13 Å². The van der Waals surface area contributed by atoms with Gasteiger partial charge in [-0.05, 0) is 13.0 Å². The van der Waals surface area contributed by atoms with Crippen LogP contribution in [0.1, 0.15) is 11.9 Å². The van der Waals surface area contributed by atoms with Crippen LogP contribution >= 0.6 is 11.3 Å². The zero-order chi connectivity index (χ0) is 12.4. The van der Waals surface area contributed by atoms with E-state index < -0.39 is 0 Å². The minimum absolute atomic E-state index is 0.663. The molecule has 5 nitrogen and oxygen atoms in total. The van der Waals surface area contributed by atoms with Crippen LogP contribution in [0.15, 0.2) is 30.5 Å². The molecule has 0 aliphatic carbocycles. The molecule has 0 saturated heterocycles. The Bertz CT molecular complexity index is 657. The lowest BCUT2D eigenvalue weighted by atomic mass is 10.3. The molecule has 3 rings (SSSR count). The Kier molecular flexibility index (Phi) is 2.93. The third-order valence-corrected chi connectivity index (χ3v) is 3.50. The summed E-state index contributed by atoms with van der Waals surface area (Å²) in [5, 5.41) is 18.8. The summed E-state index contributed by atoms with van der Waals surface area (Å²) in [7, 11) is 0. The van der Waals surface area contributed by atoms with Crippen molar-refractivity contribution in [3.8, 4) is 0 Å². The molecular formula is C12H13N5S. The molecule has 0 saturated carbocycles. The molecule has 2 aromatic heterocycles. The van der Waals surface area contributed by atoms with Crippen molar-refractivity contribution in [3.05, 3.63) is 35.5 Å². The van der Waals surface area contributed by atoms with Gasteiger partial charge in [-0.15, -0.1) is 10.2 Å². The fourth-order valence-electron chi connectivity index (χ4n) is 1.82. The van der Waals surface area contributed by atoms with Crippen molar-refractivity contribution >= 4 is 27.4 Å². The van der Waals surface area contributed by atoms with Crippen molar-refractivity contribution in [2.75, 3.05) is 11.9 Å². The maximum Gasteiger partial charge on any atom is 0.205 e.